The molecule has 1 saturated heterocycles. The highest BCUT2D eigenvalue weighted by Crippen LogP contribution is 2.32. The maximum Gasteiger partial charge on any atom is 0.417 e. The highest BCUT2D eigenvalue weighted by molar-refractivity contribution is 6.00. The minimum atomic E-state index is -0.726. The molecule has 1 aromatic rings. The smallest absolute Gasteiger partial charge is 0.417 e. The van der Waals surface area contributed by atoms with E-state index in [1.807, 2.05) is 18.2 Å². The Hall–Kier alpha value is -2.14. The van der Waals surface area contributed by atoms with Gasteiger partial charge in [-0.25, -0.2) is 9.69 Å². The third-order valence-corrected chi connectivity index (χ3v) is 2.97. The summed E-state index contributed by atoms with van der Waals surface area (Å²) in [4.78, 5) is 24.6. The van der Waals surface area contributed by atoms with Crippen LogP contribution in [-0.2, 0) is 9.53 Å². The summed E-state index contributed by atoms with van der Waals surface area (Å²) in [7, 11) is 0. The lowest BCUT2D eigenvalue weighted by Gasteiger charge is -2.20. The van der Waals surface area contributed by atoms with Crippen molar-refractivity contribution in [3.05, 3.63) is 48.0 Å². The number of ether oxygens (including phenoxy) is 1. The first kappa shape index (κ1) is 13.3. The number of aliphatic hydroxyl groups excluding tert-OH is 1. The molecule has 0 radical (unpaired) electrons. The van der Waals surface area contributed by atoms with Gasteiger partial charge in [0.05, 0.1) is 6.61 Å². The Morgan fingerprint density at radius 3 is 2.68 bits per heavy atom. The van der Waals surface area contributed by atoms with Gasteiger partial charge in [-0.15, -0.1) is 0 Å². The first-order valence-corrected chi connectivity index (χ1v) is 6.01. The lowest BCUT2D eigenvalue weighted by atomic mass is 10.0. The molecule has 19 heavy (non-hydrogen) atoms. The summed E-state index contributed by atoms with van der Waals surface area (Å²) >= 11 is 0. The largest absolute Gasteiger partial charge is 0.439 e. The van der Waals surface area contributed by atoms with Crippen LogP contribution >= 0.6 is 0 Å². The number of rotatable bonds is 3. The van der Waals surface area contributed by atoms with Crippen LogP contribution in [-0.4, -0.2) is 34.7 Å². The van der Waals surface area contributed by atoms with E-state index in [1.54, 1.807) is 25.1 Å². The van der Waals surface area contributed by atoms with E-state index >= 15 is 0 Å². The number of carbonyl (C=O) groups is 2. The maximum atomic E-state index is 11.8. The van der Waals surface area contributed by atoms with Crippen LogP contribution < -0.4 is 0 Å². The molecule has 1 heterocycles. The average molecular weight is 261 g/mol. The predicted molar refractivity (Wildman–Crippen MR) is 68.2 cm³/mol. The fraction of sp³-hybridized carbons (Fsp3) is 0.286. The summed E-state index contributed by atoms with van der Waals surface area (Å²) in [5, 5.41) is 9.45. The zero-order valence-electron chi connectivity index (χ0n) is 10.5. The molecule has 0 aliphatic carbocycles. The summed E-state index contributed by atoms with van der Waals surface area (Å²) in [5.41, 5.74) is 0.755. The Labute approximate surface area is 111 Å². The molecule has 0 saturated carbocycles. The quantitative estimate of drug-likeness (QED) is 0.840. The zero-order chi connectivity index (χ0) is 13.8. The van der Waals surface area contributed by atoms with Gasteiger partial charge >= 0.3 is 6.09 Å². The summed E-state index contributed by atoms with van der Waals surface area (Å²) < 4.78 is 5.20. The lowest BCUT2D eigenvalue weighted by Crippen LogP contribution is -2.40. The number of aliphatic hydroxyl groups is 1. The summed E-state index contributed by atoms with van der Waals surface area (Å²) in [6, 6.07) is 8.37. The molecule has 0 aromatic heterocycles. The highest BCUT2D eigenvalue weighted by Gasteiger charge is 2.44. The molecule has 2 rings (SSSR count). The van der Waals surface area contributed by atoms with E-state index in [1.165, 1.54) is 6.08 Å². The third kappa shape index (κ3) is 2.51. The molecule has 5 nitrogen and oxygen atoms in total. The molecule has 2 atom stereocenters. The number of carbonyl (C=O) groups excluding carboxylic acids is 2. The second-order valence-electron chi connectivity index (χ2n) is 4.17. The van der Waals surface area contributed by atoms with Crippen molar-refractivity contribution in [1.29, 1.82) is 0 Å². The molecule has 0 spiro atoms. The average Bonchev–Trinajstić information content (AvgIpc) is 2.76. The van der Waals surface area contributed by atoms with Crippen molar-refractivity contribution in [2.24, 2.45) is 0 Å². The fourth-order valence-corrected chi connectivity index (χ4v) is 2.10. The van der Waals surface area contributed by atoms with Gasteiger partial charge in [0.1, 0.15) is 6.04 Å². The van der Waals surface area contributed by atoms with Gasteiger partial charge < -0.3 is 9.84 Å². The van der Waals surface area contributed by atoms with E-state index < -0.39 is 24.1 Å². The van der Waals surface area contributed by atoms with E-state index in [2.05, 4.69) is 0 Å². The van der Waals surface area contributed by atoms with E-state index in [0.29, 0.717) is 0 Å². The Morgan fingerprint density at radius 2 is 2.11 bits per heavy atom. The first-order chi connectivity index (χ1) is 9.19. The molecule has 1 fully saturated rings. The number of amides is 2. The monoisotopic (exact) mass is 261 g/mol. The van der Waals surface area contributed by atoms with Crippen molar-refractivity contribution >= 4 is 12.0 Å². The molecule has 0 unspecified atom stereocenters. The SMILES string of the molecule is C/C=C/C(=O)N1C(=O)O[C@@H](c2ccccc2)[C@@H]1CO. The van der Waals surface area contributed by atoms with Crippen LogP contribution in [0.15, 0.2) is 42.5 Å². The van der Waals surface area contributed by atoms with Gasteiger partial charge in [0.2, 0.25) is 0 Å². The van der Waals surface area contributed by atoms with Crippen molar-refractivity contribution in [1.82, 2.24) is 4.90 Å². The molecule has 5 heteroatoms. The minimum Gasteiger partial charge on any atom is -0.439 e. The first-order valence-electron chi connectivity index (χ1n) is 6.01. The molecule has 1 N–H and O–H groups in total. The van der Waals surface area contributed by atoms with E-state index in [-0.39, 0.29) is 6.61 Å². The van der Waals surface area contributed by atoms with Crippen LogP contribution in [0.1, 0.15) is 18.6 Å². The lowest BCUT2D eigenvalue weighted by molar-refractivity contribution is -0.124. The van der Waals surface area contributed by atoms with Crippen LogP contribution in [0.25, 0.3) is 0 Å². The number of cyclic esters (lactones) is 1. The van der Waals surface area contributed by atoms with E-state index in [9.17, 15) is 14.7 Å². The van der Waals surface area contributed by atoms with Gasteiger partial charge in [0, 0.05) is 0 Å². The van der Waals surface area contributed by atoms with Crippen LogP contribution in [0.3, 0.4) is 0 Å². The van der Waals surface area contributed by atoms with Crippen molar-refractivity contribution in [2.75, 3.05) is 6.61 Å². The van der Waals surface area contributed by atoms with Gasteiger partial charge in [-0.3, -0.25) is 4.79 Å². The van der Waals surface area contributed by atoms with Gasteiger partial charge in [0.25, 0.3) is 5.91 Å². The maximum absolute atomic E-state index is 11.8. The second kappa shape index (κ2) is 5.67. The van der Waals surface area contributed by atoms with Gasteiger partial charge in [-0.2, -0.15) is 0 Å². The summed E-state index contributed by atoms with van der Waals surface area (Å²) in [5.74, 6) is -0.481. The number of hydrogen-bond acceptors (Lipinski definition) is 4. The Bertz CT molecular complexity index is 497. The number of benzene rings is 1. The Kier molecular flexibility index (Phi) is 3.97. The number of hydrogen-bond donors (Lipinski definition) is 1. The molecule has 1 aromatic carbocycles. The number of nitrogens with zero attached hydrogens (tertiary/aromatic N) is 1. The van der Waals surface area contributed by atoms with Crippen molar-refractivity contribution in [2.45, 2.75) is 19.1 Å². The molecule has 1 aliphatic heterocycles. The van der Waals surface area contributed by atoms with Crippen molar-refractivity contribution < 1.29 is 19.4 Å². The number of allylic oxidation sites excluding steroid dienone is 1. The normalized spacial score (nSPS) is 22.8. The van der Waals surface area contributed by atoms with Crippen molar-refractivity contribution in [3.8, 4) is 0 Å². The van der Waals surface area contributed by atoms with E-state index in [4.69, 9.17) is 4.74 Å². The minimum absolute atomic E-state index is 0.339. The van der Waals surface area contributed by atoms with Gasteiger partial charge in [-0.05, 0) is 18.6 Å². The van der Waals surface area contributed by atoms with Crippen molar-refractivity contribution in [3.63, 3.8) is 0 Å². The van der Waals surface area contributed by atoms with Crippen LogP contribution in [0.4, 0.5) is 4.79 Å². The molecular formula is C14H15NO4. The summed E-state index contributed by atoms with van der Waals surface area (Å²) in [6.45, 7) is 1.34. The standard InChI is InChI=1S/C14H15NO4/c1-2-6-12(17)15-11(9-16)13(19-14(15)18)10-7-4-3-5-8-10/h2-8,11,13,16H,9H2,1H3/b6-2+/t11-,13-/m0/s1. The second-order valence-corrected chi connectivity index (χ2v) is 4.17. The van der Waals surface area contributed by atoms with Crippen LogP contribution in [0.5, 0.6) is 0 Å². The number of imide groups is 1. The third-order valence-electron chi connectivity index (χ3n) is 2.97. The highest BCUT2D eigenvalue weighted by atomic mass is 16.6. The molecule has 100 valence electrons. The molecule has 2 amide bonds. The summed E-state index contributed by atoms with van der Waals surface area (Å²) in [6.07, 6.45) is 1.46. The van der Waals surface area contributed by atoms with Gasteiger partial charge in [0.15, 0.2) is 6.10 Å². The molecule has 1 aliphatic rings. The Balaban J connectivity index is 2.30. The fourth-order valence-electron chi connectivity index (χ4n) is 2.10. The van der Waals surface area contributed by atoms with Crippen LogP contribution in [0, 0.1) is 0 Å². The molecular weight excluding hydrogens is 246 g/mol. The van der Waals surface area contributed by atoms with Crippen LogP contribution in [0.2, 0.25) is 0 Å². The zero-order valence-corrected chi connectivity index (χ0v) is 10.5. The topological polar surface area (TPSA) is 66.8 Å². The predicted octanol–water partition coefficient (Wildman–Crippen LogP) is 1.64. The molecule has 0 bridgehead atoms. The van der Waals surface area contributed by atoms with Gasteiger partial charge in [-0.1, -0.05) is 36.4 Å². The Morgan fingerprint density at radius 1 is 1.42 bits per heavy atom. The van der Waals surface area contributed by atoms with E-state index in [0.717, 1.165) is 10.5 Å².